The number of carbonyl (C=O) groups excluding carboxylic acids is 2. The number of carbonyl (C=O) groups is 2. The Morgan fingerprint density at radius 3 is 2.19 bits per heavy atom. The van der Waals surface area contributed by atoms with Crippen LogP contribution in [0.15, 0.2) is 85.1 Å². The molecule has 0 unspecified atom stereocenters. The third kappa shape index (κ3) is 9.37. The summed E-state index contributed by atoms with van der Waals surface area (Å²) in [6.45, 7) is 11.4. The normalized spacial score (nSPS) is 20.2. The molecule has 0 spiro atoms. The summed E-state index contributed by atoms with van der Waals surface area (Å²) in [6.07, 6.45) is 7.44. The fourth-order valence-electron chi connectivity index (χ4n) is 7.96. The minimum absolute atomic E-state index is 0.0662. The van der Waals surface area contributed by atoms with Crippen LogP contribution in [0.4, 0.5) is 26.9 Å². The lowest BCUT2D eigenvalue weighted by Gasteiger charge is -2.43. The van der Waals surface area contributed by atoms with Gasteiger partial charge in [0.25, 0.3) is 0 Å². The Kier molecular flexibility index (Phi) is 11.3. The van der Waals surface area contributed by atoms with Gasteiger partial charge in [-0.15, -0.1) is 0 Å². The lowest BCUT2D eigenvalue weighted by Crippen LogP contribution is -2.55. The first-order valence-corrected chi connectivity index (χ1v) is 19.3. The molecule has 3 amide bonds. The number of para-hydroxylation sites is 1. The molecule has 53 heavy (non-hydrogen) atoms. The second-order valence-corrected chi connectivity index (χ2v) is 15.7. The van der Waals surface area contributed by atoms with E-state index in [2.05, 4.69) is 49.7 Å². The number of anilines is 3. The van der Waals surface area contributed by atoms with E-state index in [4.69, 9.17) is 9.72 Å². The summed E-state index contributed by atoms with van der Waals surface area (Å²) in [5.74, 6) is 0.657. The topological polar surface area (TPSA) is 106 Å². The third-order valence-electron chi connectivity index (χ3n) is 10.8. The van der Waals surface area contributed by atoms with Crippen molar-refractivity contribution in [2.45, 2.75) is 89.6 Å². The molecular formula is C42H54N8O3. The average Bonchev–Trinajstić information content (AvgIpc) is 3.18. The molecule has 3 fully saturated rings. The van der Waals surface area contributed by atoms with Crippen molar-refractivity contribution >= 4 is 40.4 Å². The maximum Gasteiger partial charge on any atom is 0.410 e. The Balaban J connectivity index is 0.955. The van der Waals surface area contributed by atoms with Gasteiger partial charge in [0.15, 0.2) is 0 Å². The van der Waals surface area contributed by atoms with Gasteiger partial charge in [0.2, 0.25) is 5.95 Å². The van der Waals surface area contributed by atoms with Crippen molar-refractivity contribution in [3.8, 4) is 0 Å². The van der Waals surface area contributed by atoms with Crippen LogP contribution < -0.4 is 20.4 Å². The Morgan fingerprint density at radius 2 is 1.49 bits per heavy atom. The molecule has 1 aromatic heterocycles. The zero-order chi connectivity index (χ0) is 36.8. The number of hydrogen-bond donors (Lipinski definition) is 2. The second kappa shape index (κ2) is 16.4. The molecular weight excluding hydrogens is 665 g/mol. The van der Waals surface area contributed by atoms with Crippen LogP contribution in [-0.4, -0.2) is 94.9 Å². The molecule has 11 heteroatoms. The number of hydrogen-bond acceptors (Lipinski definition) is 8. The van der Waals surface area contributed by atoms with Crippen LogP contribution in [0.2, 0.25) is 0 Å². The van der Waals surface area contributed by atoms with Crippen LogP contribution >= 0.6 is 0 Å². The van der Waals surface area contributed by atoms with Crippen molar-refractivity contribution in [2.75, 3.05) is 54.4 Å². The molecule has 0 bridgehead atoms. The number of piperidine rings is 1. The van der Waals surface area contributed by atoms with E-state index in [1.54, 1.807) is 0 Å². The molecule has 11 nitrogen and oxygen atoms in total. The monoisotopic (exact) mass is 718 g/mol. The number of rotatable bonds is 8. The molecule has 2 aliphatic heterocycles. The molecule has 1 saturated carbocycles. The van der Waals surface area contributed by atoms with E-state index in [1.165, 1.54) is 5.69 Å². The predicted molar refractivity (Wildman–Crippen MR) is 211 cm³/mol. The van der Waals surface area contributed by atoms with Crippen molar-refractivity contribution in [1.82, 2.24) is 25.1 Å². The van der Waals surface area contributed by atoms with Gasteiger partial charge in [-0.05, 0) is 95.2 Å². The first-order chi connectivity index (χ1) is 25.7. The van der Waals surface area contributed by atoms with Crippen molar-refractivity contribution in [1.29, 1.82) is 0 Å². The number of fused-ring (bicyclic) bond motifs is 1. The van der Waals surface area contributed by atoms with E-state index in [0.29, 0.717) is 31.6 Å². The number of ether oxygens (including phenoxy) is 1. The largest absolute Gasteiger partial charge is 0.444 e. The predicted octanol–water partition coefficient (Wildman–Crippen LogP) is 7.29. The van der Waals surface area contributed by atoms with Crippen molar-refractivity contribution in [3.05, 3.63) is 90.6 Å². The lowest BCUT2D eigenvalue weighted by molar-refractivity contribution is 0.00901. The maximum absolute atomic E-state index is 13.9. The second-order valence-electron chi connectivity index (χ2n) is 15.7. The van der Waals surface area contributed by atoms with Crippen LogP contribution in [0.25, 0.3) is 10.9 Å². The van der Waals surface area contributed by atoms with Gasteiger partial charge in [-0.3, -0.25) is 9.80 Å². The minimum atomic E-state index is -0.473. The summed E-state index contributed by atoms with van der Waals surface area (Å²) in [5.41, 5.74) is 3.65. The van der Waals surface area contributed by atoms with Crippen LogP contribution in [-0.2, 0) is 11.3 Å². The molecule has 0 atom stereocenters. The number of amides is 3. The number of benzene rings is 3. The van der Waals surface area contributed by atoms with Crippen molar-refractivity contribution in [3.63, 3.8) is 0 Å². The summed E-state index contributed by atoms with van der Waals surface area (Å²) < 4.78 is 5.59. The first kappa shape index (κ1) is 36.5. The summed E-state index contributed by atoms with van der Waals surface area (Å²) in [4.78, 5) is 44.6. The molecule has 2 saturated heterocycles. The highest BCUT2D eigenvalue weighted by Gasteiger charge is 2.33. The van der Waals surface area contributed by atoms with Gasteiger partial charge < -0.3 is 25.2 Å². The van der Waals surface area contributed by atoms with Gasteiger partial charge >= 0.3 is 12.1 Å². The SMILES string of the molecule is CC(C)(C)OC(=O)N1CCN(C2CCN(c3ccc(N(C(=O)NCc4ccccc4)C4CCC(Nc5ncc6ccccc6n5)CC4)cc3)CC2)CC1. The molecule has 3 aliphatic rings. The molecule has 2 N–H and O–H groups in total. The minimum Gasteiger partial charge on any atom is -0.444 e. The van der Waals surface area contributed by atoms with Gasteiger partial charge in [0, 0.05) is 86.9 Å². The van der Waals surface area contributed by atoms with Crippen molar-refractivity contribution in [2.24, 2.45) is 0 Å². The fraction of sp³-hybridized carbons (Fsp3) is 0.476. The van der Waals surface area contributed by atoms with Crippen LogP contribution in [0.5, 0.6) is 0 Å². The summed E-state index contributed by atoms with van der Waals surface area (Å²) in [5, 5.41) is 7.79. The third-order valence-corrected chi connectivity index (χ3v) is 10.8. The molecule has 4 aromatic rings. The summed E-state index contributed by atoms with van der Waals surface area (Å²) >= 11 is 0. The Morgan fingerprint density at radius 1 is 0.811 bits per heavy atom. The highest BCUT2D eigenvalue weighted by atomic mass is 16.6. The van der Waals surface area contributed by atoms with E-state index in [1.807, 2.05) is 91.4 Å². The van der Waals surface area contributed by atoms with Gasteiger partial charge in [-0.1, -0.05) is 48.5 Å². The fourth-order valence-corrected chi connectivity index (χ4v) is 7.96. The van der Waals surface area contributed by atoms with E-state index < -0.39 is 5.60 Å². The summed E-state index contributed by atoms with van der Waals surface area (Å²) in [7, 11) is 0. The zero-order valence-electron chi connectivity index (χ0n) is 31.4. The lowest BCUT2D eigenvalue weighted by atomic mass is 9.90. The van der Waals surface area contributed by atoms with Crippen LogP contribution in [0.1, 0.15) is 64.9 Å². The number of nitrogens with zero attached hydrogens (tertiary/aromatic N) is 6. The first-order valence-electron chi connectivity index (χ1n) is 19.3. The number of aromatic nitrogens is 2. The summed E-state index contributed by atoms with van der Waals surface area (Å²) in [6, 6.07) is 27.5. The van der Waals surface area contributed by atoms with Gasteiger partial charge in [0.05, 0.1) is 5.52 Å². The molecule has 280 valence electrons. The van der Waals surface area contributed by atoms with Crippen LogP contribution in [0.3, 0.4) is 0 Å². The molecule has 0 radical (unpaired) electrons. The smallest absolute Gasteiger partial charge is 0.410 e. The number of nitrogens with one attached hydrogen (secondary N) is 2. The highest BCUT2D eigenvalue weighted by Crippen LogP contribution is 2.32. The van der Waals surface area contributed by atoms with Gasteiger partial charge in [-0.2, -0.15) is 0 Å². The molecule has 3 heterocycles. The average molecular weight is 719 g/mol. The van der Waals surface area contributed by atoms with E-state index >= 15 is 0 Å². The van der Waals surface area contributed by atoms with Crippen LogP contribution in [0, 0.1) is 0 Å². The van der Waals surface area contributed by atoms with Crippen molar-refractivity contribution < 1.29 is 14.3 Å². The Bertz CT molecular complexity index is 1810. The molecule has 1 aliphatic carbocycles. The Hall–Kier alpha value is -4.90. The van der Waals surface area contributed by atoms with E-state index in [9.17, 15) is 9.59 Å². The molecule has 3 aromatic carbocycles. The van der Waals surface area contributed by atoms with E-state index in [-0.39, 0.29) is 24.2 Å². The standard InChI is InChI=1S/C42H54N8O3/c1-42(2,3)53-41(52)49-27-25-48(26-28-49)35-21-23-47(24-22-35)34-17-19-37(20-18-34)50(40(51)44-29-31-9-5-4-6-10-31)36-15-13-33(14-16-36)45-39-43-30-32-11-7-8-12-38(32)46-39/h4-12,17-20,30,33,35-36H,13-16,21-29H2,1-3H3,(H,44,51)(H,43,45,46). The van der Waals surface area contributed by atoms with Gasteiger partial charge in [-0.25, -0.2) is 19.6 Å². The number of urea groups is 1. The zero-order valence-corrected chi connectivity index (χ0v) is 31.4. The maximum atomic E-state index is 13.9. The number of piperazine rings is 1. The highest BCUT2D eigenvalue weighted by molar-refractivity contribution is 5.93. The van der Waals surface area contributed by atoms with Gasteiger partial charge in [0.1, 0.15) is 5.60 Å². The molecule has 7 rings (SSSR count). The van der Waals surface area contributed by atoms with E-state index in [0.717, 1.165) is 86.9 Å². The Labute approximate surface area is 313 Å². The quantitative estimate of drug-likeness (QED) is 0.196.